The number of benzene rings is 5. The number of amides is 2. The molecule has 0 aliphatic carbocycles. The minimum Gasteiger partial charge on any atom is -0.392 e. The summed E-state index contributed by atoms with van der Waals surface area (Å²) in [4.78, 5) is 25.0. The van der Waals surface area contributed by atoms with Crippen LogP contribution in [0, 0.1) is 35.0 Å². The van der Waals surface area contributed by atoms with Gasteiger partial charge in [0.05, 0.1) is 18.8 Å². The monoisotopic (exact) mass is 762 g/mol. The van der Waals surface area contributed by atoms with Crippen molar-refractivity contribution in [2.75, 3.05) is 11.1 Å². The molecule has 0 spiro atoms. The van der Waals surface area contributed by atoms with Crippen molar-refractivity contribution < 1.29 is 46.1 Å². The van der Waals surface area contributed by atoms with Crippen LogP contribution in [0.1, 0.15) is 58.9 Å². The van der Waals surface area contributed by atoms with Gasteiger partial charge in [-0.1, -0.05) is 79.7 Å². The Balaban J connectivity index is 1.20. The predicted molar refractivity (Wildman–Crippen MR) is 194 cm³/mol. The number of carbonyl (C=O) groups excluding carboxylic acids is 2. The molecule has 2 amide bonds. The maximum Gasteiger partial charge on any atom is 0.257 e. The van der Waals surface area contributed by atoms with E-state index < -0.39 is 46.8 Å². The van der Waals surface area contributed by atoms with E-state index in [0.717, 1.165) is 27.1 Å². The Hall–Kier alpha value is -5.08. The van der Waals surface area contributed by atoms with Crippen LogP contribution in [0.3, 0.4) is 0 Å². The first kappa shape index (κ1) is 38.6. The largest absolute Gasteiger partial charge is 0.392 e. The molecule has 0 bridgehead atoms. The molecule has 1 saturated heterocycles. The van der Waals surface area contributed by atoms with Gasteiger partial charge in [-0.25, -0.2) is 22.0 Å². The van der Waals surface area contributed by atoms with Crippen molar-refractivity contribution in [1.82, 2.24) is 5.32 Å². The van der Waals surface area contributed by atoms with Crippen LogP contribution in [0.25, 0.3) is 11.1 Å². The Morgan fingerprint density at radius 3 is 2.00 bits per heavy atom. The van der Waals surface area contributed by atoms with Crippen LogP contribution in [0.5, 0.6) is 0 Å². The molecule has 7 nitrogen and oxygen atoms in total. The molecule has 1 heterocycles. The Kier molecular flexibility index (Phi) is 12.1. The number of aliphatic hydroxyl groups excluding tert-OH is 1. The predicted octanol–water partition coefficient (Wildman–Crippen LogP) is 9.01. The lowest BCUT2D eigenvalue weighted by atomic mass is 9.91. The summed E-state index contributed by atoms with van der Waals surface area (Å²) in [5, 5.41) is 14.6. The van der Waals surface area contributed by atoms with Gasteiger partial charge in [0.15, 0.2) is 29.6 Å². The molecule has 0 saturated carbocycles. The number of rotatable bonds is 11. The Morgan fingerprint density at radius 2 is 1.37 bits per heavy atom. The van der Waals surface area contributed by atoms with Gasteiger partial charge in [-0.2, -0.15) is 0 Å². The minimum atomic E-state index is -2.35. The van der Waals surface area contributed by atoms with Gasteiger partial charge in [-0.3, -0.25) is 9.59 Å². The zero-order chi connectivity index (χ0) is 38.5. The van der Waals surface area contributed by atoms with E-state index in [-0.39, 0.29) is 37.2 Å². The molecule has 1 fully saturated rings. The first-order chi connectivity index (χ1) is 25.9. The normalized spacial score (nSPS) is 18.3. The molecular formula is C41H35F5N2O5S. The summed E-state index contributed by atoms with van der Waals surface area (Å²) < 4.78 is 82.6. The number of thioether (sulfide) groups is 1. The summed E-state index contributed by atoms with van der Waals surface area (Å²) in [7, 11) is 0. The van der Waals surface area contributed by atoms with Crippen molar-refractivity contribution in [3.05, 3.63) is 154 Å². The van der Waals surface area contributed by atoms with Crippen molar-refractivity contribution in [3.8, 4) is 11.1 Å². The lowest BCUT2D eigenvalue weighted by Gasteiger charge is -2.41. The van der Waals surface area contributed by atoms with Gasteiger partial charge < -0.3 is 25.2 Å². The Morgan fingerprint density at radius 1 is 0.759 bits per heavy atom. The van der Waals surface area contributed by atoms with Crippen LogP contribution in [0.2, 0.25) is 0 Å². The third-order valence-electron chi connectivity index (χ3n) is 9.10. The van der Waals surface area contributed by atoms with Gasteiger partial charge in [0, 0.05) is 41.3 Å². The molecule has 1 aliphatic rings. The molecule has 6 rings (SSSR count). The van der Waals surface area contributed by atoms with Gasteiger partial charge >= 0.3 is 0 Å². The SMILES string of the molecule is CC(=O)Nc1ccc(SC[C@@H]2O[C@H](c3ccc(-c4ccccc4CNC(=O)c4c(F)c(F)c(F)c(F)c4F)cc3)O[C@H](c3ccc(CO)cc3)[C@@H]2C)cc1. The molecule has 54 heavy (non-hydrogen) atoms. The summed E-state index contributed by atoms with van der Waals surface area (Å²) in [6.45, 7) is 3.17. The zero-order valence-electron chi connectivity index (χ0n) is 29.0. The zero-order valence-corrected chi connectivity index (χ0v) is 29.9. The number of carbonyl (C=O) groups is 2. The highest BCUT2D eigenvalue weighted by atomic mass is 32.2. The van der Waals surface area contributed by atoms with E-state index in [4.69, 9.17) is 9.47 Å². The molecule has 4 atom stereocenters. The molecule has 1 aliphatic heterocycles. The second kappa shape index (κ2) is 16.9. The van der Waals surface area contributed by atoms with Crippen molar-refractivity contribution in [3.63, 3.8) is 0 Å². The molecule has 5 aromatic carbocycles. The molecule has 5 aromatic rings. The highest BCUT2D eigenvalue weighted by molar-refractivity contribution is 7.99. The van der Waals surface area contributed by atoms with Gasteiger partial charge in [0.2, 0.25) is 11.7 Å². The molecule has 0 aromatic heterocycles. The van der Waals surface area contributed by atoms with E-state index in [2.05, 4.69) is 17.6 Å². The summed E-state index contributed by atoms with van der Waals surface area (Å²) >= 11 is 1.62. The van der Waals surface area contributed by atoms with Crippen molar-refractivity contribution in [1.29, 1.82) is 0 Å². The highest BCUT2D eigenvalue weighted by Gasteiger charge is 2.38. The lowest BCUT2D eigenvalue weighted by Crippen LogP contribution is -2.38. The Labute approximate surface area is 312 Å². The molecule has 0 unspecified atom stereocenters. The maximum absolute atomic E-state index is 14.3. The second-order valence-corrected chi connectivity index (χ2v) is 13.8. The quantitative estimate of drug-likeness (QED) is 0.0538. The van der Waals surface area contributed by atoms with E-state index in [9.17, 15) is 36.6 Å². The number of anilines is 1. The average molecular weight is 763 g/mol. The number of hydrogen-bond donors (Lipinski definition) is 3. The van der Waals surface area contributed by atoms with E-state index >= 15 is 0 Å². The van der Waals surface area contributed by atoms with E-state index in [0.29, 0.717) is 22.6 Å². The number of nitrogens with one attached hydrogen (secondary N) is 2. The first-order valence-electron chi connectivity index (χ1n) is 16.9. The van der Waals surface area contributed by atoms with Crippen LogP contribution in [0.15, 0.2) is 102 Å². The fourth-order valence-corrected chi connectivity index (χ4v) is 7.24. The third-order valence-corrected chi connectivity index (χ3v) is 10.2. The second-order valence-electron chi connectivity index (χ2n) is 12.7. The summed E-state index contributed by atoms with van der Waals surface area (Å²) in [6, 6.07) is 29.4. The first-order valence-corrected chi connectivity index (χ1v) is 17.9. The summed E-state index contributed by atoms with van der Waals surface area (Å²) in [5.41, 5.74) is 3.48. The maximum atomic E-state index is 14.3. The Bertz CT molecular complexity index is 2110. The third kappa shape index (κ3) is 8.49. The molecule has 13 heteroatoms. The summed E-state index contributed by atoms with van der Waals surface area (Å²) in [6.07, 6.45) is -1.33. The van der Waals surface area contributed by atoms with Crippen LogP contribution in [0.4, 0.5) is 27.6 Å². The van der Waals surface area contributed by atoms with E-state index in [1.54, 1.807) is 36.0 Å². The highest BCUT2D eigenvalue weighted by Crippen LogP contribution is 2.43. The number of ether oxygens (including phenoxy) is 2. The van der Waals surface area contributed by atoms with Crippen LogP contribution >= 0.6 is 11.8 Å². The van der Waals surface area contributed by atoms with Gasteiger partial charge in [-0.05, 0) is 52.1 Å². The molecule has 3 N–H and O–H groups in total. The molecular weight excluding hydrogens is 728 g/mol. The number of hydrogen-bond acceptors (Lipinski definition) is 6. The topological polar surface area (TPSA) is 96.9 Å². The van der Waals surface area contributed by atoms with Gasteiger partial charge in [0.25, 0.3) is 5.91 Å². The molecule has 0 radical (unpaired) electrons. The van der Waals surface area contributed by atoms with Crippen molar-refractivity contribution in [2.45, 2.75) is 50.4 Å². The van der Waals surface area contributed by atoms with E-state index in [1.807, 2.05) is 72.8 Å². The van der Waals surface area contributed by atoms with E-state index in [1.165, 1.54) is 6.92 Å². The lowest BCUT2D eigenvalue weighted by molar-refractivity contribution is -0.268. The van der Waals surface area contributed by atoms with Crippen molar-refractivity contribution in [2.24, 2.45) is 5.92 Å². The van der Waals surface area contributed by atoms with Gasteiger partial charge in [-0.15, -0.1) is 11.8 Å². The number of aliphatic hydroxyl groups is 1. The van der Waals surface area contributed by atoms with Crippen molar-refractivity contribution >= 4 is 29.3 Å². The molecule has 280 valence electrons. The van der Waals surface area contributed by atoms with Crippen LogP contribution in [-0.2, 0) is 27.4 Å². The van der Waals surface area contributed by atoms with Crippen LogP contribution < -0.4 is 10.6 Å². The summed E-state index contributed by atoms with van der Waals surface area (Å²) in [5.74, 6) is -12.2. The number of halogens is 5. The standard InChI is InChI=1S/C41H35F5N2O5S/c1-22-32(21-54-30-17-15-29(16-18-30)48-23(2)50)52-41(53-39(22)26-9-7-24(20-49)8-10-26)27-13-11-25(12-14-27)31-6-4-3-5-28(31)19-47-40(51)33-34(42)36(44)38(46)37(45)35(33)43/h3-18,22,32,39,41,49H,19-21H2,1-2H3,(H,47,51)(H,48,50)/t22-,32+,39+,41+/m1/s1. The fourth-order valence-electron chi connectivity index (χ4n) is 6.17. The smallest absolute Gasteiger partial charge is 0.257 e. The minimum absolute atomic E-state index is 0.0569. The fraction of sp³-hybridized carbons (Fsp3) is 0.220. The van der Waals surface area contributed by atoms with Gasteiger partial charge in [0.1, 0.15) is 5.56 Å². The van der Waals surface area contributed by atoms with Crippen LogP contribution in [-0.4, -0.2) is 28.8 Å². The average Bonchev–Trinajstić information content (AvgIpc) is 3.19.